The average molecular weight is 418 g/mol. The highest BCUT2D eigenvalue weighted by molar-refractivity contribution is 7.21. The summed E-state index contributed by atoms with van der Waals surface area (Å²) in [5.74, 6) is 1.70. The van der Waals surface area contributed by atoms with E-state index in [2.05, 4.69) is 30.3 Å². The highest BCUT2D eigenvalue weighted by Crippen LogP contribution is 2.33. The highest BCUT2D eigenvalue weighted by atomic mass is 32.1. The van der Waals surface area contributed by atoms with Crippen LogP contribution in [0.15, 0.2) is 72.8 Å². The summed E-state index contributed by atoms with van der Waals surface area (Å²) in [7, 11) is 0. The Balaban J connectivity index is 1.28. The van der Waals surface area contributed by atoms with E-state index in [0.717, 1.165) is 63.7 Å². The first-order valence-electron chi connectivity index (χ1n) is 10.3. The number of benzene rings is 3. The first-order chi connectivity index (χ1) is 14.8. The molecule has 3 aromatic carbocycles. The molecular formula is C25H23NO3S. The fourth-order valence-corrected chi connectivity index (χ4v) is 4.49. The normalized spacial score (nSPS) is 16.5. The van der Waals surface area contributed by atoms with Crippen LogP contribution in [-0.2, 0) is 11.3 Å². The quantitative estimate of drug-likeness (QED) is 0.362. The van der Waals surface area contributed by atoms with Gasteiger partial charge in [-0.15, -0.1) is 11.3 Å². The number of hydrogen-bond donors (Lipinski definition) is 0. The van der Waals surface area contributed by atoms with Gasteiger partial charge in [0.25, 0.3) is 0 Å². The van der Waals surface area contributed by atoms with E-state index < -0.39 is 0 Å². The van der Waals surface area contributed by atoms with Crippen molar-refractivity contribution in [2.45, 2.75) is 32.2 Å². The molecule has 0 radical (unpaired) electrons. The monoisotopic (exact) mass is 417 g/mol. The minimum absolute atomic E-state index is 0.124. The lowest BCUT2D eigenvalue weighted by Crippen LogP contribution is -2.24. The maximum Gasteiger partial charge on any atom is 0.199 e. The minimum atomic E-state index is -0.124. The predicted octanol–water partition coefficient (Wildman–Crippen LogP) is 6.45. The molecule has 1 atom stereocenters. The van der Waals surface area contributed by atoms with Crippen molar-refractivity contribution in [1.82, 2.24) is 4.98 Å². The Kier molecular flexibility index (Phi) is 5.64. The van der Waals surface area contributed by atoms with Crippen LogP contribution >= 0.6 is 11.3 Å². The Hall–Kier alpha value is -2.89. The van der Waals surface area contributed by atoms with Crippen LogP contribution in [-0.4, -0.2) is 17.9 Å². The molecular weight excluding hydrogens is 394 g/mol. The first-order valence-corrected chi connectivity index (χ1v) is 11.1. The van der Waals surface area contributed by atoms with Crippen LogP contribution in [0.3, 0.4) is 0 Å². The third kappa shape index (κ3) is 4.48. The van der Waals surface area contributed by atoms with Gasteiger partial charge in [-0.05, 0) is 60.9 Å². The zero-order valence-corrected chi connectivity index (χ0v) is 17.4. The molecule has 2 heterocycles. The van der Waals surface area contributed by atoms with Crippen LogP contribution in [0.5, 0.6) is 11.5 Å². The van der Waals surface area contributed by atoms with E-state index in [0.29, 0.717) is 6.61 Å². The van der Waals surface area contributed by atoms with E-state index in [1.165, 1.54) is 0 Å². The third-order valence-electron chi connectivity index (χ3n) is 5.11. The summed E-state index contributed by atoms with van der Waals surface area (Å²) in [5, 5.41) is 0.991. The second-order valence-corrected chi connectivity index (χ2v) is 8.39. The van der Waals surface area contributed by atoms with E-state index in [1.54, 1.807) is 11.3 Å². The Morgan fingerprint density at radius 1 is 0.933 bits per heavy atom. The van der Waals surface area contributed by atoms with Gasteiger partial charge in [0.05, 0.1) is 16.8 Å². The molecule has 1 unspecified atom stereocenters. The maximum atomic E-state index is 5.95. The number of fused-ring (bicyclic) bond motifs is 1. The number of rotatable bonds is 6. The van der Waals surface area contributed by atoms with Gasteiger partial charge in [-0.1, -0.05) is 30.3 Å². The lowest BCUT2D eigenvalue weighted by atomic mass is 10.2. The smallest absolute Gasteiger partial charge is 0.199 e. The van der Waals surface area contributed by atoms with Gasteiger partial charge >= 0.3 is 0 Å². The number of hydrogen-bond acceptors (Lipinski definition) is 5. The molecule has 5 heteroatoms. The molecule has 152 valence electrons. The first kappa shape index (κ1) is 19.1. The Labute approximate surface area is 180 Å². The maximum absolute atomic E-state index is 5.95. The molecule has 1 aliphatic heterocycles. The summed E-state index contributed by atoms with van der Waals surface area (Å²) < 4.78 is 18.7. The number of thiazole rings is 1. The van der Waals surface area contributed by atoms with Crippen molar-refractivity contribution in [3.63, 3.8) is 0 Å². The number of ether oxygens (including phenoxy) is 3. The van der Waals surface area contributed by atoms with Crippen molar-refractivity contribution >= 4 is 21.6 Å². The van der Waals surface area contributed by atoms with Gasteiger partial charge in [0.15, 0.2) is 6.29 Å². The lowest BCUT2D eigenvalue weighted by Gasteiger charge is -2.23. The molecule has 0 spiro atoms. The third-order valence-corrected chi connectivity index (χ3v) is 6.18. The molecule has 4 aromatic rings. The van der Waals surface area contributed by atoms with E-state index >= 15 is 0 Å². The topological polar surface area (TPSA) is 40.6 Å². The van der Waals surface area contributed by atoms with Crippen LogP contribution in [0, 0.1) is 0 Å². The van der Waals surface area contributed by atoms with Crippen LogP contribution in [0.2, 0.25) is 0 Å². The van der Waals surface area contributed by atoms with E-state index in [4.69, 9.17) is 19.2 Å². The summed E-state index contributed by atoms with van der Waals surface area (Å²) >= 11 is 1.67. The summed E-state index contributed by atoms with van der Waals surface area (Å²) in [6.45, 7) is 1.34. The van der Waals surface area contributed by atoms with Gasteiger partial charge in [-0.2, -0.15) is 0 Å². The van der Waals surface area contributed by atoms with Crippen molar-refractivity contribution < 1.29 is 14.2 Å². The molecule has 0 aliphatic carbocycles. The van der Waals surface area contributed by atoms with Gasteiger partial charge < -0.3 is 14.2 Å². The SMILES string of the molecule is c1ccc(COc2ccc3nc(-c4ccc(OC5CCCCO5)cc4)sc3c2)cc1. The highest BCUT2D eigenvalue weighted by Gasteiger charge is 2.15. The van der Waals surface area contributed by atoms with E-state index in [9.17, 15) is 0 Å². The largest absolute Gasteiger partial charge is 0.489 e. The molecule has 4 nitrogen and oxygen atoms in total. The zero-order chi connectivity index (χ0) is 20.2. The van der Waals surface area contributed by atoms with E-state index in [-0.39, 0.29) is 6.29 Å². The van der Waals surface area contributed by atoms with Gasteiger partial charge in [0, 0.05) is 12.0 Å². The van der Waals surface area contributed by atoms with Crippen LogP contribution in [0.25, 0.3) is 20.8 Å². The van der Waals surface area contributed by atoms with Gasteiger partial charge in [-0.3, -0.25) is 0 Å². The molecule has 0 N–H and O–H groups in total. The molecule has 0 bridgehead atoms. The summed E-state index contributed by atoms with van der Waals surface area (Å²) in [5.41, 5.74) is 3.22. The Morgan fingerprint density at radius 3 is 2.57 bits per heavy atom. The van der Waals surface area contributed by atoms with Crippen molar-refractivity contribution in [3.05, 3.63) is 78.4 Å². The Morgan fingerprint density at radius 2 is 1.77 bits per heavy atom. The molecule has 1 fully saturated rings. The summed E-state index contributed by atoms with van der Waals surface area (Å²) in [4.78, 5) is 4.79. The van der Waals surface area contributed by atoms with Crippen molar-refractivity contribution in [2.24, 2.45) is 0 Å². The van der Waals surface area contributed by atoms with Crippen molar-refractivity contribution in [1.29, 1.82) is 0 Å². The second kappa shape index (κ2) is 8.86. The summed E-state index contributed by atoms with van der Waals surface area (Å²) in [6, 6.07) is 24.4. The average Bonchev–Trinajstić information content (AvgIpc) is 3.23. The van der Waals surface area contributed by atoms with Gasteiger partial charge in [0.1, 0.15) is 23.1 Å². The number of nitrogens with zero attached hydrogens (tertiary/aromatic N) is 1. The summed E-state index contributed by atoms with van der Waals surface area (Å²) in [6.07, 6.45) is 3.11. The van der Waals surface area contributed by atoms with Gasteiger partial charge in [0.2, 0.25) is 0 Å². The molecule has 0 saturated carbocycles. The lowest BCUT2D eigenvalue weighted by molar-refractivity contribution is -0.105. The van der Waals surface area contributed by atoms with E-state index in [1.807, 2.05) is 42.5 Å². The fourth-order valence-electron chi connectivity index (χ4n) is 3.49. The predicted molar refractivity (Wildman–Crippen MR) is 120 cm³/mol. The molecule has 0 amide bonds. The van der Waals surface area contributed by atoms with Gasteiger partial charge in [-0.25, -0.2) is 4.98 Å². The van der Waals surface area contributed by atoms with Crippen molar-refractivity contribution in [2.75, 3.05) is 6.61 Å². The van der Waals surface area contributed by atoms with Crippen LogP contribution < -0.4 is 9.47 Å². The molecule has 5 rings (SSSR count). The zero-order valence-electron chi connectivity index (χ0n) is 16.6. The van der Waals surface area contributed by atoms with Crippen LogP contribution in [0.4, 0.5) is 0 Å². The minimum Gasteiger partial charge on any atom is -0.489 e. The molecule has 1 saturated heterocycles. The molecule has 1 aromatic heterocycles. The molecule has 30 heavy (non-hydrogen) atoms. The Bertz CT molecular complexity index is 1100. The van der Waals surface area contributed by atoms with Crippen molar-refractivity contribution in [3.8, 4) is 22.1 Å². The van der Waals surface area contributed by atoms with Crippen LogP contribution in [0.1, 0.15) is 24.8 Å². The number of aromatic nitrogens is 1. The standard InChI is InChI=1S/C25H23NO3S/c1-2-6-18(7-3-1)17-28-21-13-14-22-23(16-21)30-25(26-22)19-9-11-20(12-10-19)29-24-8-4-5-15-27-24/h1-3,6-7,9-14,16,24H,4-5,8,15,17H2. The molecule has 1 aliphatic rings. The fraction of sp³-hybridized carbons (Fsp3) is 0.240. The second-order valence-electron chi connectivity index (χ2n) is 7.36.